The maximum absolute atomic E-state index is 10.3. The van der Waals surface area contributed by atoms with Crippen LogP contribution in [0.1, 0.15) is 18.7 Å². The molecule has 66 valence electrons. The second kappa shape index (κ2) is 2.84. The number of thiophene rings is 1. The van der Waals surface area contributed by atoms with Crippen LogP contribution in [0, 0.1) is 10.1 Å². The SMILES string of the molecule is CC(C)(N)c1ccc([N+](=O)[O-])s1. The van der Waals surface area contributed by atoms with E-state index in [4.69, 9.17) is 5.73 Å². The summed E-state index contributed by atoms with van der Waals surface area (Å²) >= 11 is 1.12. The Balaban J connectivity index is 3.00. The van der Waals surface area contributed by atoms with Crippen LogP contribution in [0.5, 0.6) is 0 Å². The molecule has 0 bridgehead atoms. The average Bonchev–Trinajstić information content (AvgIpc) is 2.30. The van der Waals surface area contributed by atoms with Gasteiger partial charge in [0, 0.05) is 16.5 Å². The molecule has 1 aromatic rings. The summed E-state index contributed by atoms with van der Waals surface area (Å²) < 4.78 is 0. The fourth-order valence-corrected chi connectivity index (χ4v) is 1.61. The minimum Gasteiger partial charge on any atom is -0.321 e. The first-order chi connectivity index (χ1) is 5.41. The van der Waals surface area contributed by atoms with Gasteiger partial charge in [-0.1, -0.05) is 11.3 Å². The highest BCUT2D eigenvalue weighted by molar-refractivity contribution is 7.15. The molecule has 0 aromatic carbocycles. The Morgan fingerprint density at radius 1 is 1.58 bits per heavy atom. The van der Waals surface area contributed by atoms with E-state index >= 15 is 0 Å². The molecule has 1 rings (SSSR count). The molecule has 0 amide bonds. The van der Waals surface area contributed by atoms with Crippen molar-refractivity contribution < 1.29 is 4.92 Å². The summed E-state index contributed by atoms with van der Waals surface area (Å²) in [6, 6.07) is 3.18. The first-order valence-electron chi connectivity index (χ1n) is 3.45. The highest BCUT2D eigenvalue weighted by Crippen LogP contribution is 2.30. The van der Waals surface area contributed by atoms with Gasteiger partial charge in [-0.2, -0.15) is 0 Å². The lowest BCUT2D eigenvalue weighted by Gasteiger charge is -2.14. The minimum absolute atomic E-state index is 0.142. The summed E-state index contributed by atoms with van der Waals surface area (Å²) in [6.07, 6.45) is 0. The van der Waals surface area contributed by atoms with Gasteiger partial charge in [-0.05, 0) is 19.9 Å². The first-order valence-corrected chi connectivity index (χ1v) is 4.26. The highest BCUT2D eigenvalue weighted by Gasteiger charge is 2.19. The molecule has 0 saturated carbocycles. The second-order valence-corrected chi connectivity index (χ2v) is 4.18. The van der Waals surface area contributed by atoms with Crippen LogP contribution >= 0.6 is 11.3 Å². The monoisotopic (exact) mass is 186 g/mol. The van der Waals surface area contributed by atoms with E-state index in [1.54, 1.807) is 6.07 Å². The molecule has 4 nitrogen and oxygen atoms in total. The van der Waals surface area contributed by atoms with Gasteiger partial charge >= 0.3 is 5.00 Å². The highest BCUT2D eigenvalue weighted by atomic mass is 32.1. The predicted octanol–water partition coefficient (Wildman–Crippen LogP) is 1.85. The lowest BCUT2D eigenvalue weighted by atomic mass is 10.1. The molecule has 0 fully saturated rings. The van der Waals surface area contributed by atoms with E-state index in [9.17, 15) is 10.1 Å². The van der Waals surface area contributed by atoms with Crippen molar-refractivity contribution in [1.29, 1.82) is 0 Å². The molecule has 5 heteroatoms. The van der Waals surface area contributed by atoms with Crippen LogP contribution in [0.2, 0.25) is 0 Å². The van der Waals surface area contributed by atoms with Gasteiger partial charge in [0.2, 0.25) is 0 Å². The zero-order valence-electron chi connectivity index (χ0n) is 6.90. The number of hydrogen-bond acceptors (Lipinski definition) is 4. The van der Waals surface area contributed by atoms with Crippen molar-refractivity contribution in [3.8, 4) is 0 Å². The Kier molecular flexibility index (Phi) is 2.16. The minimum atomic E-state index is -0.487. The lowest BCUT2D eigenvalue weighted by molar-refractivity contribution is -0.380. The van der Waals surface area contributed by atoms with Crippen molar-refractivity contribution in [1.82, 2.24) is 0 Å². The van der Waals surface area contributed by atoms with Crippen molar-refractivity contribution in [3.05, 3.63) is 27.1 Å². The van der Waals surface area contributed by atoms with Crippen LogP contribution in [0.25, 0.3) is 0 Å². The fourth-order valence-electron chi connectivity index (χ4n) is 0.772. The van der Waals surface area contributed by atoms with Crippen LogP contribution in [-0.2, 0) is 5.54 Å². The molecule has 0 radical (unpaired) electrons. The van der Waals surface area contributed by atoms with E-state index < -0.39 is 10.5 Å². The summed E-state index contributed by atoms with van der Waals surface area (Å²) in [5.74, 6) is 0. The Hall–Kier alpha value is -0.940. The molecule has 0 spiro atoms. The van der Waals surface area contributed by atoms with Gasteiger partial charge in [0.1, 0.15) is 0 Å². The molecule has 0 atom stereocenters. The van der Waals surface area contributed by atoms with E-state index in [1.165, 1.54) is 6.07 Å². The van der Waals surface area contributed by atoms with Gasteiger partial charge in [-0.25, -0.2) is 0 Å². The third-order valence-electron chi connectivity index (χ3n) is 1.41. The average molecular weight is 186 g/mol. The number of nitrogens with zero attached hydrogens (tertiary/aromatic N) is 1. The van der Waals surface area contributed by atoms with Crippen LogP contribution in [-0.4, -0.2) is 4.92 Å². The molecular weight excluding hydrogens is 176 g/mol. The molecule has 1 aromatic heterocycles. The van der Waals surface area contributed by atoms with E-state index in [2.05, 4.69) is 0 Å². The molecule has 0 aliphatic heterocycles. The molecule has 1 heterocycles. The van der Waals surface area contributed by atoms with Gasteiger partial charge in [0.15, 0.2) is 0 Å². The Morgan fingerprint density at radius 2 is 2.17 bits per heavy atom. The van der Waals surface area contributed by atoms with Crippen molar-refractivity contribution >= 4 is 16.3 Å². The van der Waals surface area contributed by atoms with E-state index in [1.807, 2.05) is 13.8 Å². The van der Waals surface area contributed by atoms with Crippen LogP contribution in [0.15, 0.2) is 12.1 Å². The molecule has 0 aliphatic rings. The van der Waals surface area contributed by atoms with Gasteiger partial charge in [-0.15, -0.1) is 0 Å². The van der Waals surface area contributed by atoms with Gasteiger partial charge in [0.25, 0.3) is 0 Å². The Bertz CT molecular complexity index is 301. The molecule has 12 heavy (non-hydrogen) atoms. The summed E-state index contributed by atoms with van der Waals surface area (Å²) in [5.41, 5.74) is 5.27. The van der Waals surface area contributed by atoms with Gasteiger partial charge in [0.05, 0.1) is 4.92 Å². The smallest absolute Gasteiger partial charge is 0.321 e. The maximum Gasteiger partial charge on any atom is 0.324 e. The number of hydrogen-bond donors (Lipinski definition) is 1. The topological polar surface area (TPSA) is 69.2 Å². The standard InChI is InChI=1S/C7H10N2O2S/c1-7(2,8)5-3-4-6(12-5)9(10)11/h3-4H,8H2,1-2H3. The summed E-state index contributed by atoms with van der Waals surface area (Å²) in [5, 5.41) is 10.5. The molecule has 2 N–H and O–H groups in total. The van der Waals surface area contributed by atoms with Crippen LogP contribution < -0.4 is 5.73 Å². The lowest BCUT2D eigenvalue weighted by Crippen LogP contribution is -2.27. The number of nitro groups is 1. The first kappa shape index (κ1) is 9.15. The van der Waals surface area contributed by atoms with Crippen LogP contribution in [0.4, 0.5) is 5.00 Å². The predicted molar refractivity (Wildman–Crippen MR) is 48.2 cm³/mol. The molecule has 0 aliphatic carbocycles. The zero-order valence-corrected chi connectivity index (χ0v) is 7.72. The zero-order chi connectivity index (χ0) is 9.35. The van der Waals surface area contributed by atoms with E-state index in [0.717, 1.165) is 16.2 Å². The van der Waals surface area contributed by atoms with Crippen molar-refractivity contribution in [3.63, 3.8) is 0 Å². The van der Waals surface area contributed by atoms with E-state index in [0.29, 0.717) is 0 Å². The summed E-state index contributed by atoms with van der Waals surface area (Å²) in [6.45, 7) is 3.64. The largest absolute Gasteiger partial charge is 0.324 e. The maximum atomic E-state index is 10.3. The fraction of sp³-hybridized carbons (Fsp3) is 0.429. The van der Waals surface area contributed by atoms with Crippen molar-refractivity contribution in [2.24, 2.45) is 5.73 Å². The molecule has 0 unspecified atom stereocenters. The second-order valence-electron chi connectivity index (χ2n) is 3.12. The third-order valence-corrected chi connectivity index (χ3v) is 2.78. The van der Waals surface area contributed by atoms with Gasteiger partial charge in [-0.3, -0.25) is 10.1 Å². The van der Waals surface area contributed by atoms with Gasteiger partial charge < -0.3 is 5.73 Å². The molecule has 0 saturated heterocycles. The third kappa shape index (κ3) is 1.80. The quantitative estimate of drug-likeness (QED) is 0.566. The van der Waals surface area contributed by atoms with Crippen molar-refractivity contribution in [2.75, 3.05) is 0 Å². The Morgan fingerprint density at radius 3 is 2.42 bits per heavy atom. The molecular formula is C7H10N2O2S. The van der Waals surface area contributed by atoms with Crippen LogP contribution in [0.3, 0.4) is 0 Å². The van der Waals surface area contributed by atoms with Crippen molar-refractivity contribution in [2.45, 2.75) is 19.4 Å². The number of rotatable bonds is 2. The normalized spacial score (nSPS) is 11.6. The number of nitrogens with two attached hydrogens (primary N) is 1. The summed E-state index contributed by atoms with van der Waals surface area (Å²) in [4.78, 5) is 10.7. The summed E-state index contributed by atoms with van der Waals surface area (Å²) in [7, 11) is 0. The van der Waals surface area contributed by atoms with E-state index in [-0.39, 0.29) is 5.00 Å². The Labute approximate surface area is 74.2 Å².